The van der Waals surface area contributed by atoms with Gasteiger partial charge in [-0.2, -0.15) is 0 Å². The Bertz CT molecular complexity index is 837. The molecule has 0 spiro atoms. The Balaban J connectivity index is 2.18. The molecule has 2 aromatic carbocycles. The molecule has 2 rings (SSSR count). The number of sulfonamides is 1. The summed E-state index contributed by atoms with van der Waals surface area (Å²) in [6, 6.07) is 14.8. The number of hydrogen-bond donors (Lipinski definition) is 1. The smallest absolute Gasteiger partial charge is 0.240 e. The van der Waals surface area contributed by atoms with Gasteiger partial charge < -0.3 is 9.47 Å². The van der Waals surface area contributed by atoms with Crippen molar-refractivity contribution in [2.45, 2.75) is 31.2 Å². The van der Waals surface area contributed by atoms with Crippen LogP contribution in [0.1, 0.15) is 19.4 Å². The van der Waals surface area contributed by atoms with Gasteiger partial charge in [0.1, 0.15) is 0 Å². The molecule has 7 heteroatoms. The normalized spacial score (nSPS) is 12.8. The van der Waals surface area contributed by atoms with Gasteiger partial charge in [0, 0.05) is 18.7 Å². The van der Waals surface area contributed by atoms with Crippen molar-refractivity contribution in [3.8, 4) is 11.5 Å². The molecular formula is C21H30N2O4S. The van der Waals surface area contributed by atoms with E-state index < -0.39 is 10.0 Å². The van der Waals surface area contributed by atoms with E-state index in [0.717, 1.165) is 19.5 Å². The average Bonchev–Trinajstić information content (AvgIpc) is 2.72. The molecule has 1 atom stereocenters. The molecule has 0 aliphatic carbocycles. The summed E-state index contributed by atoms with van der Waals surface area (Å²) in [6.45, 7) is 6.21. The fourth-order valence-corrected chi connectivity index (χ4v) is 4.32. The van der Waals surface area contributed by atoms with Gasteiger partial charge >= 0.3 is 0 Å². The van der Waals surface area contributed by atoms with E-state index in [1.54, 1.807) is 6.07 Å². The van der Waals surface area contributed by atoms with Gasteiger partial charge in [-0.1, -0.05) is 44.2 Å². The van der Waals surface area contributed by atoms with Crippen LogP contribution in [0, 0.1) is 0 Å². The molecule has 2 aromatic rings. The zero-order chi connectivity index (χ0) is 20.6. The van der Waals surface area contributed by atoms with Gasteiger partial charge in [-0.25, -0.2) is 13.1 Å². The summed E-state index contributed by atoms with van der Waals surface area (Å²) in [7, 11) is -0.667. The molecule has 28 heavy (non-hydrogen) atoms. The van der Waals surface area contributed by atoms with Crippen LogP contribution in [0.3, 0.4) is 0 Å². The van der Waals surface area contributed by atoms with Crippen LogP contribution < -0.4 is 14.2 Å². The molecule has 1 unspecified atom stereocenters. The number of methoxy groups -OCH3 is 2. The molecule has 6 nitrogen and oxygen atoms in total. The Kier molecular flexibility index (Phi) is 8.29. The van der Waals surface area contributed by atoms with Gasteiger partial charge in [0.15, 0.2) is 11.5 Å². The molecule has 0 amide bonds. The zero-order valence-corrected chi connectivity index (χ0v) is 17.8. The standard InChI is InChI=1S/C21H30N2O4S/c1-5-23(6-2)18(14-17-10-8-7-9-11-17)16-22-28(24,25)19-12-13-20(26-3)21(15-19)27-4/h7-13,15,18,22H,5-6,14,16H2,1-4H3. The second-order valence-electron chi connectivity index (χ2n) is 6.43. The highest BCUT2D eigenvalue weighted by atomic mass is 32.2. The molecule has 0 saturated carbocycles. The Morgan fingerprint density at radius 2 is 1.61 bits per heavy atom. The van der Waals surface area contributed by atoms with Crippen molar-refractivity contribution in [2.75, 3.05) is 33.9 Å². The Labute approximate surface area is 168 Å². The van der Waals surface area contributed by atoms with Crippen molar-refractivity contribution in [1.29, 1.82) is 0 Å². The average molecular weight is 407 g/mol. The maximum Gasteiger partial charge on any atom is 0.240 e. The molecule has 154 valence electrons. The van der Waals surface area contributed by atoms with Crippen molar-refractivity contribution in [1.82, 2.24) is 9.62 Å². The molecular weight excluding hydrogens is 376 g/mol. The Morgan fingerprint density at radius 1 is 0.964 bits per heavy atom. The second kappa shape index (κ2) is 10.5. The predicted octanol–water partition coefficient (Wildman–Crippen LogP) is 2.94. The van der Waals surface area contributed by atoms with Crippen molar-refractivity contribution in [3.63, 3.8) is 0 Å². The van der Waals surface area contributed by atoms with Crippen LogP contribution in [0.2, 0.25) is 0 Å². The molecule has 0 aliphatic rings. The number of nitrogens with zero attached hydrogens (tertiary/aromatic N) is 1. The van der Waals surface area contributed by atoms with Crippen molar-refractivity contribution in [2.24, 2.45) is 0 Å². The summed E-state index contributed by atoms with van der Waals surface area (Å²) >= 11 is 0. The first-order valence-corrected chi connectivity index (χ1v) is 10.9. The molecule has 1 N–H and O–H groups in total. The summed E-state index contributed by atoms with van der Waals surface area (Å²) < 4.78 is 38.8. The van der Waals surface area contributed by atoms with Crippen LogP contribution in [0.4, 0.5) is 0 Å². The lowest BCUT2D eigenvalue weighted by molar-refractivity contribution is 0.216. The number of nitrogens with one attached hydrogen (secondary N) is 1. The summed E-state index contributed by atoms with van der Waals surface area (Å²) in [6.07, 6.45) is 0.775. The maximum atomic E-state index is 12.8. The molecule has 0 fully saturated rings. The maximum absolute atomic E-state index is 12.8. The van der Waals surface area contributed by atoms with Crippen LogP contribution in [0.15, 0.2) is 53.4 Å². The van der Waals surface area contributed by atoms with E-state index in [4.69, 9.17) is 9.47 Å². The van der Waals surface area contributed by atoms with Gasteiger partial charge in [-0.3, -0.25) is 4.90 Å². The fraction of sp³-hybridized carbons (Fsp3) is 0.429. The second-order valence-corrected chi connectivity index (χ2v) is 8.20. The highest BCUT2D eigenvalue weighted by Crippen LogP contribution is 2.29. The predicted molar refractivity (Wildman–Crippen MR) is 112 cm³/mol. The first-order valence-electron chi connectivity index (χ1n) is 9.44. The summed E-state index contributed by atoms with van der Waals surface area (Å²) in [5.41, 5.74) is 1.18. The molecule has 0 heterocycles. The third-order valence-corrected chi connectivity index (χ3v) is 6.24. The minimum absolute atomic E-state index is 0.0623. The number of hydrogen-bond acceptors (Lipinski definition) is 5. The molecule has 0 bridgehead atoms. The lowest BCUT2D eigenvalue weighted by atomic mass is 10.0. The summed E-state index contributed by atoms with van der Waals surface area (Å²) in [5, 5.41) is 0. The monoisotopic (exact) mass is 406 g/mol. The van der Waals surface area contributed by atoms with Gasteiger partial charge in [-0.15, -0.1) is 0 Å². The van der Waals surface area contributed by atoms with Crippen LogP contribution >= 0.6 is 0 Å². The highest BCUT2D eigenvalue weighted by molar-refractivity contribution is 7.89. The fourth-order valence-electron chi connectivity index (χ4n) is 3.23. The van der Waals surface area contributed by atoms with E-state index in [2.05, 4.69) is 35.6 Å². The summed E-state index contributed by atoms with van der Waals surface area (Å²) in [4.78, 5) is 2.42. The number of benzene rings is 2. The first-order chi connectivity index (χ1) is 13.4. The minimum Gasteiger partial charge on any atom is -0.493 e. The summed E-state index contributed by atoms with van der Waals surface area (Å²) in [5.74, 6) is 0.876. The third kappa shape index (κ3) is 5.70. The van der Waals surface area contributed by atoms with E-state index >= 15 is 0 Å². The van der Waals surface area contributed by atoms with Gasteiger partial charge in [0.2, 0.25) is 10.0 Å². The number of ether oxygens (including phenoxy) is 2. The van der Waals surface area contributed by atoms with Gasteiger partial charge in [0.25, 0.3) is 0 Å². The number of rotatable bonds is 11. The molecule has 0 aromatic heterocycles. The van der Waals surface area contributed by atoms with Crippen LogP contribution in [0.5, 0.6) is 11.5 Å². The van der Waals surface area contributed by atoms with Crippen LogP contribution in [-0.4, -0.2) is 53.2 Å². The molecule has 0 aliphatic heterocycles. The first kappa shape index (κ1) is 22.2. The quantitative estimate of drug-likeness (QED) is 0.621. The third-order valence-electron chi connectivity index (χ3n) is 4.82. The van der Waals surface area contributed by atoms with E-state index in [1.807, 2.05) is 18.2 Å². The van der Waals surface area contributed by atoms with E-state index in [-0.39, 0.29) is 10.9 Å². The lowest BCUT2D eigenvalue weighted by Gasteiger charge is -2.30. The topological polar surface area (TPSA) is 67.9 Å². The largest absolute Gasteiger partial charge is 0.493 e. The Hall–Kier alpha value is -2.09. The SMILES string of the molecule is CCN(CC)C(CNS(=O)(=O)c1ccc(OC)c(OC)c1)Cc1ccccc1. The van der Waals surface area contributed by atoms with Crippen molar-refractivity contribution >= 4 is 10.0 Å². The van der Waals surface area contributed by atoms with Crippen molar-refractivity contribution in [3.05, 3.63) is 54.1 Å². The van der Waals surface area contributed by atoms with Crippen LogP contribution in [-0.2, 0) is 16.4 Å². The highest BCUT2D eigenvalue weighted by Gasteiger charge is 2.22. The zero-order valence-electron chi connectivity index (χ0n) is 17.0. The molecule has 0 radical (unpaired) electrons. The van der Waals surface area contributed by atoms with Crippen LogP contribution in [0.25, 0.3) is 0 Å². The minimum atomic E-state index is -3.67. The lowest BCUT2D eigenvalue weighted by Crippen LogP contribution is -2.45. The van der Waals surface area contributed by atoms with Gasteiger partial charge in [0.05, 0.1) is 19.1 Å². The van der Waals surface area contributed by atoms with E-state index in [9.17, 15) is 8.42 Å². The van der Waals surface area contributed by atoms with E-state index in [1.165, 1.54) is 31.9 Å². The van der Waals surface area contributed by atoms with Gasteiger partial charge in [-0.05, 0) is 37.2 Å². The van der Waals surface area contributed by atoms with E-state index in [0.29, 0.717) is 18.0 Å². The van der Waals surface area contributed by atoms with Crippen molar-refractivity contribution < 1.29 is 17.9 Å². The number of likely N-dealkylation sites (N-methyl/N-ethyl adjacent to an activating group) is 1. The Morgan fingerprint density at radius 3 is 2.18 bits per heavy atom. The molecule has 0 saturated heterocycles.